The first-order valence-corrected chi connectivity index (χ1v) is 13.9. The number of benzene rings is 1. The van der Waals surface area contributed by atoms with Crippen LogP contribution in [0.4, 0.5) is 0 Å². The molecular formula is C31H46O10. The molecule has 1 aliphatic rings. The van der Waals surface area contributed by atoms with E-state index in [0.717, 1.165) is 5.56 Å². The average molecular weight is 579 g/mol. The van der Waals surface area contributed by atoms with Crippen LogP contribution in [0.15, 0.2) is 55.6 Å². The fourth-order valence-electron chi connectivity index (χ4n) is 4.67. The molecule has 0 aromatic heterocycles. The van der Waals surface area contributed by atoms with E-state index in [-0.39, 0.29) is 19.4 Å². The van der Waals surface area contributed by atoms with Gasteiger partial charge in [-0.15, -0.1) is 13.2 Å². The summed E-state index contributed by atoms with van der Waals surface area (Å²) in [6.07, 6.45) is 1.12. The molecular weight excluding hydrogens is 532 g/mol. The van der Waals surface area contributed by atoms with Gasteiger partial charge in [0.1, 0.15) is 18.3 Å². The normalized spacial score (nSPS) is 22.4. The van der Waals surface area contributed by atoms with Gasteiger partial charge in [0, 0.05) is 41.3 Å². The van der Waals surface area contributed by atoms with Gasteiger partial charge in [0.05, 0.1) is 13.0 Å². The Bertz CT molecular complexity index is 899. The summed E-state index contributed by atoms with van der Waals surface area (Å²) in [6, 6.07) is 9.60. The highest BCUT2D eigenvalue weighted by atomic mass is 16.7. The summed E-state index contributed by atoms with van der Waals surface area (Å²) >= 11 is 0. The van der Waals surface area contributed by atoms with Gasteiger partial charge in [-0.25, -0.2) is 0 Å². The molecule has 0 aliphatic carbocycles. The number of rotatable bonds is 20. The summed E-state index contributed by atoms with van der Waals surface area (Å²) < 4.78 is 45.5. The number of methoxy groups -OCH3 is 4. The molecule has 230 valence electrons. The minimum atomic E-state index is -0.863. The number of carbonyl (C=O) groups excluding carboxylic acids is 2. The smallest absolute Gasteiger partial charge is 0.306 e. The van der Waals surface area contributed by atoms with E-state index in [9.17, 15) is 9.59 Å². The largest absolute Gasteiger partial charge is 0.457 e. The molecule has 10 nitrogen and oxygen atoms in total. The molecule has 1 aromatic carbocycles. The minimum Gasteiger partial charge on any atom is -0.457 e. The molecule has 0 amide bonds. The Balaban J connectivity index is 2.30. The third-order valence-corrected chi connectivity index (χ3v) is 6.80. The van der Waals surface area contributed by atoms with Gasteiger partial charge in [0.15, 0.2) is 24.8 Å². The van der Waals surface area contributed by atoms with Crippen molar-refractivity contribution in [3.05, 3.63) is 61.2 Å². The van der Waals surface area contributed by atoms with E-state index in [1.54, 1.807) is 26.4 Å². The highest BCUT2D eigenvalue weighted by Gasteiger charge is 2.50. The van der Waals surface area contributed by atoms with Crippen LogP contribution in [0.2, 0.25) is 0 Å². The molecule has 0 spiro atoms. The molecule has 2 rings (SSSR count). The molecule has 1 aliphatic heterocycles. The van der Waals surface area contributed by atoms with Gasteiger partial charge < -0.3 is 37.9 Å². The van der Waals surface area contributed by atoms with E-state index in [0.29, 0.717) is 32.1 Å². The van der Waals surface area contributed by atoms with Crippen molar-refractivity contribution in [2.24, 2.45) is 0 Å². The zero-order valence-corrected chi connectivity index (χ0v) is 24.7. The predicted molar refractivity (Wildman–Crippen MR) is 152 cm³/mol. The van der Waals surface area contributed by atoms with Crippen LogP contribution >= 0.6 is 0 Å². The number of esters is 2. The van der Waals surface area contributed by atoms with Gasteiger partial charge in [-0.1, -0.05) is 42.5 Å². The van der Waals surface area contributed by atoms with E-state index < -0.39 is 55.0 Å². The molecule has 1 aromatic rings. The van der Waals surface area contributed by atoms with Crippen LogP contribution in [0.3, 0.4) is 0 Å². The van der Waals surface area contributed by atoms with Crippen molar-refractivity contribution in [2.75, 3.05) is 28.4 Å². The monoisotopic (exact) mass is 578 g/mol. The number of carbonyl (C=O) groups is 2. The average Bonchev–Trinajstić information content (AvgIpc) is 2.98. The molecule has 41 heavy (non-hydrogen) atoms. The molecule has 0 bridgehead atoms. The fraction of sp³-hybridized carbons (Fsp3) is 0.613. The summed E-state index contributed by atoms with van der Waals surface area (Å²) in [7, 11) is 6.11. The van der Waals surface area contributed by atoms with Crippen LogP contribution in [0.25, 0.3) is 0 Å². The standard InChI is InChI=1S/C31H46O10/c1-7-13-23-29(40-25(32)17-12-18-27(34-3)35-4)31(38-21-22-15-10-9-11-16-22)30(24(39-23)14-8-2)41-26(33)19-20-28(36-5)37-6/h7-11,15-16,23-24,27-31H,1-2,12-14,17-21H2,3-6H3/t23-,24+,29-,30+,31+/m1/s1. The molecule has 0 N–H and O–H groups in total. The third kappa shape index (κ3) is 11.7. The van der Waals surface area contributed by atoms with E-state index in [2.05, 4.69) is 13.2 Å². The highest BCUT2D eigenvalue weighted by molar-refractivity contribution is 5.70. The Hall–Kier alpha value is -2.60. The summed E-state index contributed by atoms with van der Waals surface area (Å²) in [5, 5.41) is 0. The van der Waals surface area contributed by atoms with Crippen LogP contribution in [0.5, 0.6) is 0 Å². The maximum Gasteiger partial charge on any atom is 0.306 e. The first kappa shape index (κ1) is 34.6. The lowest BCUT2D eigenvalue weighted by atomic mass is 9.91. The Kier molecular flexibility index (Phi) is 16.5. The van der Waals surface area contributed by atoms with E-state index >= 15 is 0 Å². The maximum absolute atomic E-state index is 13.0. The van der Waals surface area contributed by atoms with Crippen LogP contribution in [-0.2, 0) is 54.1 Å². The molecule has 1 heterocycles. The van der Waals surface area contributed by atoms with Gasteiger partial charge in [-0.2, -0.15) is 0 Å². The van der Waals surface area contributed by atoms with Crippen LogP contribution < -0.4 is 0 Å². The van der Waals surface area contributed by atoms with E-state index in [1.165, 1.54) is 14.2 Å². The molecule has 0 radical (unpaired) electrons. The Morgan fingerprint density at radius 2 is 1.29 bits per heavy atom. The summed E-state index contributed by atoms with van der Waals surface area (Å²) in [6.45, 7) is 7.92. The molecule has 0 unspecified atom stereocenters. The van der Waals surface area contributed by atoms with Crippen molar-refractivity contribution in [3.63, 3.8) is 0 Å². The first-order valence-electron chi connectivity index (χ1n) is 13.9. The highest BCUT2D eigenvalue weighted by Crippen LogP contribution is 2.33. The van der Waals surface area contributed by atoms with Crippen LogP contribution in [-0.4, -0.2) is 83.5 Å². The summed E-state index contributed by atoms with van der Waals surface area (Å²) in [4.78, 5) is 26.0. The summed E-state index contributed by atoms with van der Waals surface area (Å²) in [5.74, 6) is -0.903. The second-order valence-corrected chi connectivity index (χ2v) is 9.66. The van der Waals surface area contributed by atoms with E-state index in [4.69, 9.17) is 37.9 Å². The second-order valence-electron chi connectivity index (χ2n) is 9.66. The number of ether oxygens (including phenoxy) is 8. The SMILES string of the molecule is C=CC[C@@H]1O[C@H](CC=C)[C@@H](OC(=O)CCCC(OC)OC)[C@H](OCc2ccccc2)[C@H]1OC(=O)CCC(OC)OC. The molecule has 1 fully saturated rings. The summed E-state index contributed by atoms with van der Waals surface area (Å²) in [5.41, 5.74) is 0.919. The van der Waals surface area contributed by atoms with Crippen molar-refractivity contribution < 1.29 is 47.5 Å². The van der Waals surface area contributed by atoms with Crippen molar-refractivity contribution in [1.82, 2.24) is 0 Å². The molecule has 10 heteroatoms. The fourth-order valence-corrected chi connectivity index (χ4v) is 4.67. The van der Waals surface area contributed by atoms with Crippen LogP contribution in [0, 0.1) is 0 Å². The van der Waals surface area contributed by atoms with E-state index in [1.807, 2.05) is 30.3 Å². The first-order chi connectivity index (χ1) is 19.9. The third-order valence-electron chi connectivity index (χ3n) is 6.80. The number of hydrogen-bond donors (Lipinski definition) is 0. The molecule has 0 saturated carbocycles. The van der Waals surface area contributed by atoms with Crippen LogP contribution in [0.1, 0.15) is 50.5 Å². The van der Waals surface area contributed by atoms with Crippen molar-refractivity contribution in [2.45, 2.75) is 94.7 Å². The second kappa shape index (κ2) is 19.5. The van der Waals surface area contributed by atoms with Gasteiger partial charge in [-0.3, -0.25) is 9.59 Å². The van der Waals surface area contributed by atoms with Gasteiger partial charge in [0.2, 0.25) is 0 Å². The lowest BCUT2D eigenvalue weighted by molar-refractivity contribution is -0.252. The van der Waals surface area contributed by atoms with Gasteiger partial charge in [0.25, 0.3) is 0 Å². The lowest BCUT2D eigenvalue weighted by Crippen LogP contribution is -2.60. The van der Waals surface area contributed by atoms with Crippen molar-refractivity contribution in [3.8, 4) is 0 Å². The molecule has 1 saturated heterocycles. The van der Waals surface area contributed by atoms with Gasteiger partial charge in [-0.05, 0) is 31.2 Å². The quantitative estimate of drug-likeness (QED) is 0.125. The Labute approximate surface area is 243 Å². The minimum absolute atomic E-state index is 0.0514. The Morgan fingerprint density at radius 1 is 0.780 bits per heavy atom. The molecule has 5 atom stereocenters. The van der Waals surface area contributed by atoms with Crippen molar-refractivity contribution in [1.29, 1.82) is 0 Å². The van der Waals surface area contributed by atoms with Crippen molar-refractivity contribution >= 4 is 11.9 Å². The topological polar surface area (TPSA) is 108 Å². The Morgan fingerprint density at radius 3 is 1.80 bits per heavy atom. The lowest BCUT2D eigenvalue weighted by Gasteiger charge is -2.45. The van der Waals surface area contributed by atoms with Gasteiger partial charge >= 0.3 is 11.9 Å². The predicted octanol–water partition coefficient (Wildman–Crippen LogP) is 4.50. The zero-order chi connectivity index (χ0) is 30.0. The zero-order valence-electron chi connectivity index (χ0n) is 24.7. The number of hydrogen-bond acceptors (Lipinski definition) is 10. The maximum atomic E-state index is 13.0.